The van der Waals surface area contributed by atoms with Crippen LogP contribution in [0.25, 0.3) is 0 Å². The van der Waals surface area contributed by atoms with Gasteiger partial charge in [0.2, 0.25) is 5.91 Å². The van der Waals surface area contributed by atoms with Gasteiger partial charge >= 0.3 is 0 Å². The molecule has 0 spiro atoms. The van der Waals surface area contributed by atoms with Crippen molar-refractivity contribution >= 4 is 16.7 Å². The summed E-state index contributed by atoms with van der Waals surface area (Å²) >= 11 is 0. The lowest BCUT2D eigenvalue weighted by Gasteiger charge is -2.18. The summed E-state index contributed by atoms with van der Waals surface area (Å²) in [4.78, 5) is 12.1. The number of carbonyl (C=O) groups is 1. The van der Waals surface area contributed by atoms with Crippen LogP contribution in [0.15, 0.2) is 0 Å². The lowest BCUT2D eigenvalue weighted by Crippen LogP contribution is -2.44. The Balaban J connectivity index is 2.30. The number of ether oxygens (including phenoxy) is 1. The molecular weight excluding hydrogens is 264 g/mol. The van der Waals surface area contributed by atoms with E-state index in [1.54, 1.807) is 6.26 Å². The second-order valence-electron chi connectivity index (χ2n) is 5.09. The highest BCUT2D eigenvalue weighted by molar-refractivity contribution is 7.84. The Hall–Kier alpha value is -0.460. The number of hydrogen-bond acceptors (Lipinski definition) is 4. The van der Waals surface area contributed by atoms with E-state index in [1.807, 2.05) is 6.92 Å². The maximum Gasteiger partial charge on any atom is 0.227 e. The molecule has 1 heterocycles. The Morgan fingerprint density at radius 2 is 2.16 bits per heavy atom. The van der Waals surface area contributed by atoms with Crippen LogP contribution in [0, 0.1) is 5.92 Å². The highest BCUT2D eigenvalue weighted by Crippen LogP contribution is 2.14. The predicted octanol–water partition coefficient (Wildman–Crippen LogP) is 0.274. The molecule has 1 amide bonds. The lowest BCUT2D eigenvalue weighted by atomic mass is 10.0. The predicted molar refractivity (Wildman–Crippen MR) is 77.5 cm³/mol. The lowest BCUT2D eigenvalue weighted by molar-refractivity contribution is -0.125. The first-order valence-electron chi connectivity index (χ1n) is 6.97. The number of rotatable bonds is 8. The summed E-state index contributed by atoms with van der Waals surface area (Å²) in [5.74, 6) is -0.0610. The van der Waals surface area contributed by atoms with Crippen molar-refractivity contribution in [3.05, 3.63) is 0 Å². The third-order valence-corrected chi connectivity index (χ3v) is 4.86. The second kappa shape index (κ2) is 8.66. The Kier molecular flexibility index (Phi) is 7.56. The molecule has 1 fully saturated rings. The highest BCUT2D eigenvalue weighted by Gasteiger charge is 2.33. The molecule has 1 aliphatic heterocycles. The summed E-state index contributed by atoms with van der Waals surface area (Å²) in [6, 6.07) is 0.123. The van der Waals surface area contributed by atoms with Gasteiger partial charge < -0.3 is 15.4 Å². The van der Waals surface area contributed by atoms with E-state index in [2.05, 4.69) is 17.6 Å². The molecule has 0 aromatic rings. The van der Waals surface area contributed by atoms with Gasteiger partial charge in [0.15, 0.2) is 0 Å². The Labute approximate surface area is 118 Å². The molecule has 1 saturated heterocycles. The van der Waals surface area contributed by atoms with Crippen LogP contribution < -0.4 is 10.6 Å². The maximum absolute atomic E-state index is 12.1. The van der Waals surface area contributed by atoms with Crippen molar-refractivity contribution in [2.45, 2.75) is 38.0 Å². The Morgan fingerprint density at radius 1 is 1.42 bits per heavy atom. The number of nitrogens with one attached hydrogen (secondary N) is 2. The molecule has 0 aliphatic carbocycles. The summed E-state index contributed by atoms with van der Waals surface area (Å²) in [5.41, 5.74) is 0. The molecule has 19 heavy (non-hydrogen) atoms. The zero-order valence-electron chi connectivity index (χ0n) is 12.1. The van der Waals surface area contributed by atoms with Crippen LogP contribution in [-0.4, -0.2) is 54.0 Å². The molecule has 4 atom stereocenters. The van der Waals surface area contributed by atoms with Gasteiger partial charge in [0.1, 0.15) is 0 Å². The molecule has 4 unspecified atom stereocenters. The Morgan fingerprint density at radius 3 is 2.79 bits per heavy atom. The van der Waals surface area contributed by atoms with E-state index in [0.29, 0.717) is 19.8 Å². The molecule has 5 nitrogen and oxygen atoms in total. The zero-order chi connectivity index (χ0) is 14.3. The van der Waals surface area contributed by atoms with Gasteiger partial charge in [0.05, 0.1) is 19.1 Å². The molecule has 1 rings (SSSR count). The monoisotopic (exact) mass is 290 g/mol. The van der Waals surface area contributed by atoms with Crippen molar-refractivity contribution in [1.29, 1.82) is 0 Å². The highest BCUT2D eigenvalue weighted by atomic mass is 32.2. The molecule has 0 aromatic heterocycles. The first-order chi connectivity index (χ1) is 9.06. The van der Waals surface area contributed by atoms with Crippen LogP contribution in [0.1, 0.15) is 26.7 Å². The molecule has 1 aliphatic rings. The number of carbonyl (C=O) groups excluding carboxylic acids is 1. The average molecular weight is 290 g/mol. The van der Waals surface area contributed by atoms with Crippen LogP contribution in [0.2, 0.25) is 0 Å². The number of amides is 1. The van der Waals surface area contributed by atoms with E-state index in [1.165, 1.54) is 0 Å². The van der Waals surface area contributed by atoms with Crippen molar-refractivity contribution in [2.75, 3.05) is 32.6 Å². The molecule has 0 radical (unpaired) electrons. The van der Waals surface area contributed by atoms with Gasteiger partial charge in [0, 0.05) is 34.9 Å². The molecule has 6 heteroatoms. The smallest absolute Gasteiger partial charge is 0.227 e. The van der Waals surface area contributed by atoms with Gasteiger partial charge in [-0.1, -0.05) is 13.8 Å². The van der Waals surface area contributed by atoms with Crippen molar-refractivity contribution < 1.29 is 13.7 Å². The maximum atomic E-state index is 12.1. The van der Waals surface area contributed by atoms with E-state index in [9.17, 15) is 9.00 Å². The first-order valence-corrected chi connectivity index (χ1v) is 8.59. The van der Waals surface area contributed by atoms with Gasteiger partial charge in [-0.15, -0.1) is 0 Å². The van der Waals surface area contributed by atoms with Gasteiger partial charge in [-0.05, 0) is 19.4 Å². The Bertz CT molecular complexity index is 312. The fraction of sp³-hybridized carbons (Fsp3) is 0.923. The van der Waals surface area contributed by atoms with Gasteiger partial charge in [0.25, 0.3) is 0 Å². The van der Waals surface area contributed by atoms with Crippen LogP contribution in [0.3, 0.4) is 0 Å². The van der Waals surface area contributed by atoms with Crippen LogP contribution in [-0.2, 0) is 20.3 Å². The van der Waals surface area contributed by atoms with Gasteiger partial charge in [-0.25, -0.2) is 0 Å². The number of hydrogen-bond donors (Lipinski definition) is 2. The van der Waals surface area contributed by atoms with E-state index in [-0.39, 0.29) is 23.1 Å². The topological polar surface area (TPSA) is 67.4 Å². The van der Waals surface area contributed by atoms with Crippen molar-refractivity contribution in [1.82, 2.24) is 10.6 Å². The fourth-order valence-corrected chi connectivity index (χ4v) is 2.49. The summed E-state index contributed by atoms with van der Waals surface area (Å²) in [5, 5.41) is 6.39. The summed E-state index contributed by atoms with van der Waals surface area (Å²) in [7, 11) is -0.827. The minimum absolute atomic E-state index is 0.0418. The third-order valence-electron chi connectivity index (χ3n) is 3.49. The standard InChI is InChI=1S/C13H26N2O3S/c1-4-6-14-12-9-18-8-11(12)13(16)15-7-5-10(2)19(3)17/h10-12,14H,4-9H2,1-3H3,(H,15,16). The molecular formula is C13H26N2O3S. The van der Waals surface area contributed by atoms with Crippen molar-refractivity contribution in [2.24, 2.45) is 5.92 Å². The van der Waals surface area contributed by atoms with E-state index in [4.69, 9.17) is 4.74 Å². The molecule has 0 bridgehead atoms. The summed E-state index contributed by atoms with van der Waals surface area (Å²) < 4.78 is 16.6. The van der Waals surface area contributed by atoms with Crippen LogP contribution in [0.5, 0.6) is 0 Å². The minimum atomic E-state index is -0.827. The van der Waals surface area contributed by atoms with Gasteiger partial charge in [-0.3, -0.25) is 9.00 Å². The first kappa shape index (κ1) is 16.6. The third kappa shape index (κ3) is 5.58. The van der Waals surface area contributed by atoms with E-state index < -0.39 is 10.8 Å². The van der Waals surface area contributed by atoms with Gasteiger partial charge in [-0.2, -0.15) is 0 Å². The van der Waals surface area contributed by atoms with Crippen LogP contribution >= 0.6 is 0 Å². The van der Waals surface area contributed by atoms with Crippen molar-refractivity contribution in [3.63, 3.8) is 0 Å². The fourth-order valence-electron chi connectivity index (χ4n) is 2.04. The molecule has 0 saturated carbocycles. The zero-order valence-corrected chi connectivity index (χ0v) is 12.9. The second-order valence-corrected chi connectivity index (χ2v) is 6.90. The quantitative estimate of drug-likeness (QED) is 0.673. The SMILES string of the molecule is CCCNC1COCC1C(=O)NCCC(C)S(C)=O. The molecule has 0 aromatic carbocycles. The van der Waals surface area contributed by atoms with Crippen molar-refractivity contribution in [3.8, 4) is 0 Å². The largest absolute Gasteiger partial charge is 0.379 e. The minimum Gasteiger partial charge on any atom is -0.379 e. The van der Waals surface area contributed by atoms with E-state index in [0.717, 1.165) is 19.4 Å². The molecule has 2 N–H and O–H groups in total. The molecule has 112 valence electrons. The normalized spacial score (nSPS) is 26.1. The van der Waals surface area contributed by atoms with Crippen LogP contribution in [0.4, 0.5) is 0 Å². The van der Waals surface area contributed by atoms with E-state index >= 15 is 0 Å². The average Bonchev–Trinajstić information content (AvgIpc) is 2.84. The summed E-state index contributed by atoms with van der Waals surface area (Å²) in [6.45, 7) is 6.62. The summed E-state index contributed by atoms with van der Waals surface area (Å²) in [6.07, 6.45) is 3.49.